The van der Waals surface area contributed by atoms with E-state index >= 15 is 0 Å². The number of carbonyl (C=O) groups is 1. The average Bonchev–Trinajstić information content (AvgIpc) is 3.31. The molecule has 0 heterocycles. The number of benzene rings is 1. The molecule has 23 heavy (non-hydrogen) atoms. The van der Waals surface area contributed by atoms with Crippen LogP contribution in [-0.2, 0) is 11.0 Å². The van der Waals surface area contributed by atoms with Gasteiger partial charge in [-0.25, -0.2) is 0 Å². The highest BCUT2D eigenvalue weighted by atomic mass is 19.4. The summed E-state index contributed by atoms with van der Waals surface area (Å²) in [7, 11) is 0. The third kappa shape index (κ3) is 4.16. The molecule has 128 valence electrons. The number of nitrogens with one attached hydrogen (secondary N) is 1. The maximum Gasteiger partial charge on any atom is 0.419 e. The van der Waals surface area contributed by atoms with E-state index in [1.807, 2.05) is 0 Å². The number of amides is 1. The van der Waals surface area contributed by atoms with E-state index in [9.17, 15) is 23.1 Å². The van der Waals surface area contributed by atoms with Gasteiger partial charge in [0.2, 0.25) is 0 Å². The monoisotopic (exact) mass is 331 g/mol. The van der Waals surface area contributed by atoms with Crippen LogP contribution in [0.1, 0.15) is 32.3 Å². The quantitative estimate of drug-likeness (QED) is 0.843. The Kier molecular flexibility index (Phi) is 4.89. The molecule has 2 atom stereocenters. The van der Waals surface area contributed by atoms with Crippen molar-refractivity contribution >= 4 is 5.91 Å². The van der Waals surface area contributed by atoms with Gasteiger partial charge in [0, 0.05) is 0 Å². The van der Waals surface area contributed by atoms with Crippen molar-refractivity contribution in [2.24, 2.45) is 5.92 Å². The molecule has 0 bridgehead atoms. The molecule has 2 rings (SSSR count). The third-order valence-corrected chi connectivity index (χ3v) is 4.08. The van der Waals surface area contributed by atoms with E-state index < -0.39 is 29.3 Å². The lowest BCUT2D eigenvalue weighted by Crippen LogP contribution is -2.54. The van der Waals surface area contributed by atoms with Crippen molar-refractivity contribution in [3.8, 4) is 5.75 Å². The van der Waals surface area contributed by atoms with Gasteiger partial charge in [-0.3, -0.25) is 4.79 Å². The molecule has 1 aliphatic carbocycles. The van der Waals surface area contributed by atoms with Gasteiger partial charge in [0.15, 0.2) is 6.10 Å². The highest BCUT2D eigenvalue weighted by Crippen LogP contribution is 2.39. The van der Waals surface area contributed by atoms with Crippen LogP contribution in [0.5, 0.6) is 5.75 Å². The van der Waals surface area contributed by atoms with Gasteiger partial charge in [-0.15, -0.1) is 0 Å². The van der Waals surface area contributed by atoms with E-state index in [0.717, 1.165) is 18.9 Å². The van der Waals surface area contributed by atoms with Crippen molar-refractivity contribution in [1.82, 2.24) is 5.32 Å². The summed E-state index contributed by atoms with van der Waals surface area (Å²) in [6.07, 6.45) is -3.85. The number of alkyl halides is 3. The van der Waals surface area contributed by atoms with Gasteiger partial charge in [0.1, 0.15) is 5.75 Å². The van der Waals surface area contributed by atoms with Crippen LogP contribution in [0.3, 0.4) is 0 Å². The lowest BCUT2D eigenvalue weighted by Gasteiger charge is -2.30. The molecule has 1 aromatic rings. The predicted molar refractivity (Wildman–Crippen MR) is 77.9 cm³/mol. The van der Waals surface area contributed by atoms with Gasteiger partial charge < -0.3 is 15.2 Å². The first-order valence-corrected chi connectivity index (χ1v) is 7.43. The maximum absolute atomic E-state index is 12.9. The standard InChI is InChI=1S/C16H20F3NO3/c1-10(14(22)20-15(2,9-21)11-7-8-11)23-13-6-4-3-5-12(13)16(17,18)19/h3-6,10-11,21H,7-9H2,1-2H3,(H,20,22). The molecule has 0 aromatic heterocycles. The number of aliphatic hydroxyl groups is 1. The summed E-state index contributed by atoms with van der Waals surface area (Å²) in [5.41, 5.74) is -1.69. The summed E-state index contributed by atoms with van der Waals surface area (Å²) in [5.74, 6) is -0.753. The number of ether oxygens (including phenoxy) is 1. The topological polar surface area (TPSA) is 58.6 Å². The second kappa shape index (κ2) is 6.39. The number of hydrogen-bond acceptors (Lipinski definition) is 3. The van der Waals surface area contributed by atoms with Gasteiger partial charge in [-0.05, 0) is 44.7 Å². The molecule has 0 saturated heterocycles. The Labute approximate surface area is 132 Å². The van der Waals surface area contributed by atoms with Gasteiger partial charge in [0.05, 0.1) is 17.7 Å². The largest absolute Gasteiger partial charge is 0.480 e. The second-order valence-electron chi connectivity index (χ2n) is 6.09. The molecular formula is C16H20F3NO3. The fourth-order valence-corrected chi connectivity index (χ4v) is 2.42. The van der Waals surface area contributed by atoms with Crippen LogP contribution in [0, 0.1) is 5.92 Å². The first-order valence-electron chi connectivity index (χ1n) is 7.43. The molecule has 1 fully saturated rings. The molecule has 1 amide bonds. The van der Waals surface area contributed by atoms with Crippen LogP contribution in [0.4, 0.5) is 13.2 Å². The fourth-order valence-electron chi connectivity index (χ4n) is 2.42. The molecule has 1 aliphatic rings. The van der Waals surface area contributed by atoms with Crippen LogP contribution >= 0.6 is 0 Å². The minimum atomic E-state index is -4.56. The zero-order valence-corrected chi connectivity index (χ0v) is 13.0. The summed E-state index contributed by atoms with van der Waals surface area (Å²) in [6, 6.07) is 4.76. The van der Waals surface area contributed by atoms with Gasteiger partial charge in [-0.2, -0.15) is 13.2 Å². The lowest BCUT2D eigenvalue weighted by molar-refractivity contribution is -0.141. The summed E-state index contributed by atoms with van der Waals surface area (Å²) in [4.78, 5) is 12.2. The van der Waals surface area contributed by atoms with Crippen LogP contribution in [0.15, 0.2) is 24.3 Å². The van der Waals surface area contributed by atoms with Gasteiger partial charge in [-0.1, -0.05) is 12.1 Å². The first-order chi connectivity index (χ1) is 10.7. The van der Waals surface area contributed by atoms with Gasteiger partial charge in [0.25, 0.3) is 5.91 Å². The van der Waals surface area contributed by atoms with Crippen LogP contribution in [0.25, 0.3) is 0 Å². The molecule has 1 aromatic carbocycles. The van der Waals surface area contributed by atoms with Crippen molar-refractivity contribution in [1.29, 1.82) is 0 Å². The van der Waals surface area contributed by atoms with Crippen LogP contribution in [0.2, 0.25) is 0 Å². The van der Waals surface area contributed by atoms with Crippen molar-refractivity contribution in [3.63, 3.8) is 0 Å². The minimum absolute atomic E-state index is 0.186. The second-order valence-corrected chi connectivity index (χ2v) is 6.09. The molecule has 0 spiro atoms. The first kappa shape index (κ1) is 17.6. The lowest BCUT2D eigenvalue weighted by atomic mass is 9.96. The summed E-state index contributed by atoms with van der Waals surface area (Å²) >= 11 is 0. The number of hydrogen-bond donors (Lipinski definition) is 2. The normalized spacial score (nSPS) is 18.9. The Hall–Kier alpha value is -1.76. The third-order valence-electron chi connectivity index (χ3n) is 4.08. The molecule has 1 saturated carbocycles. The maximum atomic E-state index is 12.9. The molecule has 4 nitrogen and oxygen atoms in total. The van der Waals surface area contributed by atoms with E-state index in [2.05, 4.69) is 5.32 Å². The highest BCUT2D eigenvalue weighted by molar-refractivity contribution is 5.81. The number of halogens is 3. The molecule has 0 aliphatic heterocycles. The average molecular weight is 331 g/mol. The van der Waals surface area contributed by atoms with Crippen LogP contribution in [-0.4, -0.2) is 29.3 Å². The Morgan fingerprint density at radius 3 is 2.52 bits per heavy atom. The van der Waals surface area contributed by atoms with Crippen molar-refractivity contribution in [3.05, 3.63) is 29.8 Å². The van der Waals surface area contributed by atoms with Gasteiger partial charge >= 0.3 is 6.18 Å². The molecule has 2 N–H and O–H groups in total. The zero-order chi connectivity index (χ0) is 17.3. The summed E-state index contributed by atoms with van der Waals surface area (Å²) < 4.78 is 44.0. The fraction of sp³-hybridized carbons (Fsp3) is 0.562. The van der Waals surface area contributed by atoms with E-state index in [0.29, 0.717) is 0 Å². The summed E-state index contributed by atoms with van der Waals surface area (Å²) in [5, 5.41) is 12.2. The number of rotatable bonds is 6. The van der Waals surface area contributed by atoms with Crippen molar-refractivity contribution in [2.45, 2.75) is 44.5 Å². The molecule has 2 unspecified atom stereocenters. The van der Waals surface area contributed by atoms with Crippen molar-refractivity contribution in [2.75, 3.05) is 6.61 Å². The molecular weight excluding hydrogens is 311 g/mol. The molecule has 0 radical (unpaired) electrons. The van der Waals surface area contributed by atoms with E-state index in [-0.39, 0.29) is 18.3 Å². The Bertz CT molecular complexity index is 572. The minimum Gasteiger partial charge on any atom is -0.480 e. The predicted octanol–water partition coefficient (Wildman–Crippen LogP) is 2.75. The zero-order valence-electron chi connectivity index (χ0n) is 13.0. The Morgan fingerprint density at radius 2 is 2.00 bits per heavy atom. The van der Waals surface area contributed by atoms with E-state index in [4.69, 9.17) is 4.74 Å². The number of para-hydroxylation sites is 1. The Morgan fingerprint density at radius 1 is 1.39 bits per heavy atom. The SMILES string of the molecule is CC(Oc1ccccc1C(F)(F)F)C(=O)NC(C)(CO)C1CC1. The number of carbonyl (C=O) groups excluding carboxylic acids is 1. The smallest absolute Gasteiger partial charge is 0.419 e. The van der Waals surface area contributed by atoms with E-state index in [1.54, 1.807) is 6.92 Å². The van der Waals surface area contributed by atoms with Crippen LogP contribution < -0.4 is 10.1 Å². The molecule has 7 heteroatoms. The highest BCUT2D eigenvalue weighted by Gasteiger charge is 2.43. The summed E-state index contributed by atoms with van der Waals surface area (Å²) in [6.45, 7) is 2.88. The Balaban J connectivity index is 2.07. The number of aliphatic hydroxyl groups excluding tert-OH is 1. The van der Waals surface area contributed by atoms with Crippen molar-refractivity contribution < 1.29 is 27.8 Å². The van der Waals surface area contributed by atoms with E-state index in [1.165, 1.54) is 25.1 Å².